The van der Waals surface area contributed by atoms with Crippen molar-refractivity contribution in [2.45, 2.75) is 6.92 Å². The van der Waals surface area contributed by atoms with Gasteiger partial charge in [-0.3, -0.25) is 9.59 Å². The van der Waals surface area contributed by atoms with Gasteiger partial charge in [0.05, 0.1) is 10.4 Å². The number of anilines is 1. The zero-order valence-corrected chi connectivity index (χ0v) is 14.0. The second-order valence-corrected chi connectivity index (χ2v) is 7.07. The lowest BCUT2D eigenvalue weighted by Crippen LogP contribution is -2.16. The van der Waals surface area contributed by atoms with Crippen LogP contribution in [-0.4, -0.2) is 11.8 Å². The normalized spacial score (nSPS) is 10.5. The van der Waals surface area contributed by atoms with E-state index in [2.05, 4.69) is 5.32 Å². The first-order valence-corrected chi connectivity index (χ1v) is 8.61. The smallest absolute Gasteiger partial charge is 0.266 e. The van der Waals surface area contributed by atoms with Crippen molar-refractivity contribution in [1.82, 2.24) is 0 Å². The van der Waals surface area contributed by atoms with Gasteiger partial charge in [0.1, 0.15) is 5.00 Å². The lowest BCUT2D eigenvalue weighted by Gasteiger charge is -2.06. The Bertz CT molecular complexity index is 852. The van der Waals surface area contributed by atoms with E-state index >= 15 is 0 Å². The first kappa shape index (κ1) is 15.5. The molecule has 3 rings (SSSR count). The quantitative estimate of drug-likeness (QED) is 0.748. The monoisotopic (exact) mass is 342 g/mol. The number of thiophene rings is 2. The highest BCUT2D eigenvalue weighted by molar-refractivity contribution is 7.17. The summed E-state index contributed by atoms with van der Waals surface area (Å²) < 4.78 is 0. The Morgan fingerprint density at radius 1 is 1.09 bits per heavy atom. The van der Waals surface area contributed by atoms with Crippen LogP contribution in [-0.2, 0) is 0 Å². The van der Waals surface area contributed by atoms with Gasteiger partial charge in [0.2, 0.25) is 0 Å². The summed E-state index contributed by atoms with van der Waals surface area (Å²) in [5, 5.41) is 5.14. The predicted octanol–water partition coefficient (Wildman–Crippen LogP) is 4.14. The fourth-order valence-corrected chi connectivity index (χ4v) is 4.09. The van der Waals surface area contributed by atoms with Crippen molar-refractivity contribution < 1.29 is 9.59 Å². The third-order valence-electron chi connectivity index (χ3n) is 3.37. The van der Waals surface area contributed by atoms with Crippen molar-refractivity contribution >= 4 is 39.5 Å². The molecule has 4 nitrogen and oxygen atoms in total. The predicted molar refractivity (Wildman–Crippen MR) is 95.3 cm³/mol. The lowest BCUT2D eigenvalue weighted by molar-refractivity contribution is 0.100. The molecule has 23 heavy (non-hydrogen) atoms. The number of hydrogen-bond donors (Lipinski definition) is 2. The third kappa shape index (κ3) is 3.04. The van der Waals surface area contributed by atoms with Crippen molar-refractivity contribution in [2.75, 3.05) is 5.32 Å². The number of amides is 2. The number of aryl methyl sites for hydroxylation is 1. The molecule has 0 bridgehead atoms. The largest absolute Gasteiger partial charge is 0.365 e. The number of benzene rings is 1. The van der Waals surface area contributed by atoms with Gasteiger partial charge in [-0.15, -0.1) is 22.7 Å². The SMILES string of the molecule is Cc1sc(NC(=O)c2cccs2)c(C(N)=O)c1-c1ccccc1. The molecular weight excluding hydrogens is 328 g/mol. The summed E-state index contributed by atoms with van der Waals surface area (Å²) in [4.78, 5) is 25.8. The number of nitrogens with one attached hydrogen (secondary N) is 1. The number of primary amides is 1. The van der Waals surface area contributed by atoms with Crippen LogP contribution in [0.5, 0.6) is 0 Å². The van der Waals surface area contributed by atoms with Crippen LogP contribution < -0.4 is 11.1 Å². The number of hydrogen-bond acceptors (Lipinski definition) is 4. The van der Waals surface area contributed by atoms with Crippen molar-refractivity contribution in [3.05, 3.63) is 63.2 Å². The van der Waals surface area contributed by atoms with Crippen LogP contribution in [0.1, 0.15) is 24.9 Å². The van der Waals surface area contributed by atoms with E-state index in [1.165, 1.54) is 22.7 Å². The summed E-state index contributed by atoms with van der Waals surface area (Å²) in [7, 11) is 0. The molecule has 0 saturated heterocycles. The minimum atomic E-state index is -0.547. The van der Waals surface area contributed by atoms with Gasteiger partial charge in [-0.25, -0.2) is 0 Å². The minimum Gasteiger partial charge on any atom is -0.365 e. The van der Waals surface area contributed by atoms with Gasteiger partial charge in [-0.05, 0) is 23.9 Å². The van der Waals surface area contributed by atoms with Gasteiger partial charge in [0, 0.05) is 10.4 Å². The molecule has 0 fully saturated rings. The second-order valence-electron chi connectivity index (χ2n) is 4.90. The Kier molecular flexibility index (Phi) is 4.27. The van der Waals surface area contributed by atoms with Gasteiger partial charge < -0.3 is 11.1 Å². The van der Waals surface area contributed by atoms with Crippen LogP contribution in [0.15, 0.2) is 47.8 Å². The molecule has 2 heterocycles. The van der Waals surface area contributed by atoms with Crippen molar-refractivity contribution in [2.24, 2.45) is 5.73 Å². The lowest BCUT2D eigenvalue weighted by atomic mass is 10.0. The van der Waals surface area contributed by atoms with E-state index in [9.17, 15) is 9.59 Å². The molecule has 6 heteroatoms. The molecule has 0 saturated carbocycles. The van der Waals surface area contributed by atoms with E-state index in [-0.39, 0.29) is 5.91 Å². The molecular formula is C17H14N2O2S2. The third-order valence-corrected chi connectivity index (χ3v) is 5.25. The van der Waals surface area contributed by atoms with Crippen LogP contribution >= 0.6 is 22.7 Å². The molecule has 0 aliphatic heterocycles. The van der Waals surface area contributed by atoms with Crippen LogP contribution in [0.3, 0.4) is 0 Å². The summed E-state index contributed by atoms with van der Waals surface area (Å²) in [6.07, 6.45) is 0. The van der Waals surface area contributed by atoms with Crippen molar-refractivity contribution in [1.29, 1.82) is 0 Å². The van der Waals surface area contributed by atoms with Crippen LogP contribution in [0, 0.1) is 6.92 Å². The highest BCUT2D eigenvalue weighted by atomic mass is 32.1. The molecule has 116 valence electrons. The number of rotatable bonds is 4. The van der Waals surface area contributed by atoms with Crippen molar-refractivity contribution in [3.8, 4) is 11.1 Å². The van der Waals surface area contributed by atoms with E-state index in [4.69, 9.17) is 5.73 Å². The highest BCUT2D eigenvalue weighted by Crippen LogP contribution is 2.39. The van der Waals surface area contributed by atoms with Crippen LogP contribution in [0.25, 0.3) is 11.1 Å². The van der Waals surface area contributed by atoms with E-state index in [1.807, 2.05) is 48.7 Å². The summed E-state index contributed by atoms with van der Waals surface area (Å²) in [5.41, 5.74) is 7.63. The molecule has 3 aromatic rings. The van der Waals surface area contributed by atoms with E-state index in [0.717, 1.165) is 16.0 Å². The summed E-state index contributed by atoms with van der Waals surface area (Å²) in [6, 6.07) is 13.1. The molecule has 0 radical (unpaired) electrons. The second kappa shape index (κ2) is 6.36. The van der Waals surface area contributed by atoms with Crippen molar-refractivity contribution in [3.63, 3.8) is 0 Å². The Hall–Kier alpha value is -2.44. The van der Waals surface area contributed by atoms with Crippen LogP contribution in [0.4, 0.5) is 5.00 Å². The Balaban J connectivity index is 2.05. The molecule has 2 amide bonds. The van der Waals surface area contributed by atoms with Crippen LogP contribution in [0.2, 0.25) is 0 Å². The number of carbonyl (C=O) groups excluding carboxylic acids is 2. The van der Waals surface area contributed by atoms with E-state index < -0.39 is 5.91 Å². The average molecular weight is 342 g/mol. The maximum absolute atomic E-state index is 12.3. The molecule has 0 aliphatic carbocycles. The molecule has 0 spiro atoms. The maximum atomic E-state index is 12.3. The van der Waals surface area contributed by atoms with Gasteiger partial charge in [-0.2, -0.15) is 0 Å². The molecule has 0 aliphatic rings. The van der Waals surface area contributed by atoms with Gasteiger partial charge in [0.25, 0.3) is 11.8 Å². The Morgan fingerprint density at radius 3 is 2.43 bits per heavy atom. The molecule has 3 N–H and O–H groups in total. The number of carbonyl (C=O) groups is 2. The van der Waals surface area contributed by atoms with E-state index in [1.54, 1.807) is 6.07 Å². The summed E-state index contributed by atoms with van der Waals surface area (Å²) in [6.45, 7) is 1.92. The fourth-order valence-electron chi connectivity index (χ4n) is 2.39. The maximum Gasteiger partial charge on any atom is 0.266 e. The molecule has 2 aromatic heterocycles. The summed E-state index contributed by atoms with van der Waals surface area (Å²) >= 11 is 2.71. The van der Waals surface area contributed by atoms with Gasteiger partial charge >= 0.3 is 0 Å². The zero-order valence-electron chi connectivity index (χ0n) is 12.3. The Morgan fingerprint density at radius 2 is 1.83 bits per heavy atom. The average Bonchev–Trinajstić information content (AvgIpc) is 3.16. The Labute approximate surface area is 141 Å². The van der Waals surface area contributed by atoms with E-state index in [0.29, 0.717) is 15.4 Å². The minimum absolute atomic E-state index is 0.233. The first-order valence-electron chi connectivity index (χ1n) is 6.91. The topological polar surface area (TPSA) is 72.2 Å². The van der Waals surface area contributed by atoms with Gasteiger partial charge in [0.15, 0.2) is 0 Å². The highest BCUT2D eigenvalue weighted by Gasteiger charge is 2.23. The molecule has 1 aromatic carbocycles. The summed E-state index contributed by atoms with van der Waals surface area (Å²) in [5.74, 6) is -0.780. The standard InChI is InChI=1S/C17H14N2O2S2/c1-10-13(11-6-3-2-4-7-11)14(15(18)20)17(23-10)19-16(21)12-8-5-9-22-12/h2-9H,1H3,(H2,18,20)(H,19,21). The van der Waals surface area contributed by atoms with Gasteiger partial charge in [-0.1, -0.05) is 36.4 Å². The zero-order chi connectivity index (χ0) is 16.4. The number of nitrogens with two attached hydrogens (primary N) is 1. The molecule has 0 atom stereocenters. The first-order chi connectivity index (χ1) is 11.1. The fraction of sp³-hybridized carbons (Fsp3) is 0.0588. The molecule has 0 unspecified atom stereocenters.